The molecule has 0 saturated carbocycles. The van der Waals surface area contributed by atoms with Crippen LogP contribution in [0.3, 0.4) is 0 Å². The van der Waals surface area contributed by atoms with Gasteiger partial charge in [0.15, 0.2) is 0 Å². The zero-order valence-electron chi connectivity index (χ0n) is 11.8. The van der Waals surface area contributed by atoms with Gasteiger partial charge in [-0.25, -0.2) is 0 Å². The summed E-state index contributed by atoms with van der Waals surface area (Å²) in [5.74, 6) is 0.229. The molecule has 20 heavy (non-hydrogen) atoms. The summed E-state index contributed by atoms with van der Waals surface area (Å²) in [6.07, 6.45) is 4.72. The Kier molecular flexibility index (Phi) is 2.86. The third kappa shape index (κ3) is 1.66. The Hall–Kier alpha value is -1.32. The van der Waals surface area contributed by atoms with Crippen LogP contribution in [0.5, 0.6) is 0 Å². The number of aliphatic hydroxyl groups excluding tert-OH is 1. The number of nitrogens with two attached hydrogens (primary N) is 1. The van der Waals surface area contributed by atoms with Crippen LogP contribution < -0.4 is 5.73 Å². The highest BCUT2D eigenvalue weighted by Gasteiger charge is 2.38. The lowest BCUT2D eigenvalue weighted by molar-refractivity contribution is 0.241. The average Bonchev–Trinajstić information content (AvgIpc) is 2.95. The van der Waals surface area contributed by atoms with Gasteiger partial charge in [-0.1, -0.05) is 12.1 Å². The van der Waals surface area contributed by atoms with Crippen molar-refractivity contribution in [2.24, 2.45) is 0 Å². The van der Waals surface area contributed by atoms with E-state index in [4.69, 9.17) is 5.73 Å². The van der Waals surface area contributed by atoms with Crippen molar-refractivity contribution in [3.8, 4) is 0 Å². The van der Waals surface area contributed by atoms with Crippen molar-refractivity contribution in [1.82, 2.24) is 4.90 Å². The van der Waals surface area contributed by atoms with E-state index in [1.54, 1.807) is 5.57 Å². The largest absolute Gasteiger partial charge is 0.398 e. The van der Waals surface area contributed by atoms with Gasteiger partial charge in [0, 0.05) is 29.8 Å². The Morgan fingerprint density at radius 2 is 2.20 bits per heavy atom. The molecule has 3 nitrogen and oxygen atoms in total. The van der Waals surface area contributed by atoms with E-state index in [0.29, 0.717) is 6.04 Å². The van der Waals surface area contributed by atoms with Crippen LogP contribution in [0.1, 0.15) is 42.7 Å². The van der Waals surface area contributed by atoms with Gasteiger partial charge in [-0.2, -0.15) is 0 Å². The summed E-state index contributed by atoms with van der Waals surface area (Å²) >= 11 is 0. The molecule has 0 amide bonds. The Labute approximate surface area is 120 Å². The number of aliphatic hydroxyl groups is 1. The molecule has 3 N–H and O–H groups in total. The molecule has 1 aliphatic carbocycles. The normalized spacial score (nSPS) is 29.1. The van der Waals surface area contributed by atoms with Crippen molar-refractivity contribution in [1.29, 1.82) is 0 Å². The number of nitrogens with zero attached hydrogens (tertiary/aromatic N) is 1. The quantitative estimate of drug-likeness (QED) is 0.770. The number of anilines is 1. The zero-order chi connectivity index (χ0) is 13.7. The first-order valence-electron chi connectivity index (χ1n) is 7.75. The standard InChI is InChI=1S/C17H22N2O/c18-15-4-1-3-12-11(10-20)9-14-13(17(12)15)6-8-19-7-2-5-16(14)19/h1,3-4,11,16,20H,2,5-10,18H2/t11-,16-/m0/s1. The third-order valence-corrected chi connectivity index (χ3v) is 5.36. The number of fused-ring (bicyclic) bond motifs is 4. The predicted octanol–water partition coefficient (Wildman–Crippen LogP) is 2.37. The van der Waals surface area contributed by atoms with Crippen molar-refractivity contribution < 1.29 is 5.11 Å². The van der Waals surface area contributed by atoms with Crippen LogP contribution in [0.15, 0.2) is 23.8 Å². The predicted molar refractivity (Wildman–Crippen MR) is 81.4 cm³/mol. The number of hydrogen-bond acceptors (Lipinski definition) is 3. The molecule has 3 heteroatoms. The van der Waals surface area contributed by atoms with Gasteiger partial charge < -0.3 is 10.8 Å². The van der Waals surface area contributed by atoms with Gasteiger partial charge in [-0.05, 0) is 55.0 Å². The smallest absolute Gasteiger partial charge is 0.0503 e. The zero-order valence-corrected chi connectivity index (χ0v) is 11.8. The molecule has 106 valence electrons. The molecule has 0 bridgehead atoms. The highest BCUT2D eigenvalue weighted by atomic mass is 16.3. The van der Waals surface area contributed by atoms with E-state index in [0.717, 1.165) is 18.5 Å². The molecule has 1 aromatic carbocycles. The van der Waals surface area contributed by atoms with E-state index < -0.39 is 0 Å². The number of benzene rings is 1. The van der Waals surface area contributed by atoms with Gasteiger partial charge in [0.2, 0.25) is 0 Å². The van der Waals surface area contributed by atoms with Gasteiger partial charge in [-0.15, -0.1) is 0 Å². The second-order valence-electron chi connectivity index (χ2n) is 6.34. The van der Waals surface area contributed by atoms with Crippen LogP contribution in [0.25, 0.3) is 5.57 Å². The van der Waals surface area contributed by atoms with Crippen LogP contribution in [-0.4, -0.2) is 35.7 Å². The molecule has 2 heterocycles. The fraction of sp³-hybridized carbons (Fsp3) is 0.529. The molecule has 1 aromatic rings. The van der Waals surface area contributed by atoms with Crippen molar-refractivity contribution >= 4 is 11.3 Å². The van der Waals surface area contributed by atoms with Crippen LogP contribution in [0, 0.1) is 0 Å². The van der Waals surface area contributed by atoms with Crippen LogP contribution in [-0.2, 0) is 0 Å². The van der Waals surface area contributed by atoms with E-state index in [1.165, 1.54) is 42.6 Å². The monoisotopic (exact) mass is 270 g/mol. The average molecular weight is 270 g/mol. The van der Waals surface area contributed by atoms with Crippen molar-refractivity contribution in [3.63, 3.8) is 0 Å². The van der Waals surface area contributed by atoms with Gasteiger partial charge in [-0.3, -0.25) is 4.90 Å². The Morgan fingerprint density at radius 3 is 3.05 bits per heavy atom. The maximum absolute atomic E-state index is 9.78. The maximum Gasteiger partial charge on any atom is 0.0503 e. The summed E-state index contributed by atoms with van der Waals surface area (Å²) in [5, 5.41) is 9.78. The molecular formula is C17H22N2O. The lowest BCUT2D eigenvalue weighted by Gasteiger charge is -2.40. The van der Waals surface area contributed by atoms with Crippen molar-refractivity contribution in [2.75, 3.05) is 25.4 Å². The van der Waals surface area contributed by atoms with Gasteiger partial charge in [0.25, 0.3) is 0 Å². The maximum atomic E-state index is 9.78. The number of nitrogen functional groups attached to an aromatic ring is 1. The van der Waals surface area contributed by atoms with E-state index in [2.05, 4.69) is 11.0 Å². The van der Waals surface area contributed by atoms with E-state index in [-0.39, 0.29) is 12.5 Å². The summed E-state index contributed by atoms with van der Waals surface area (Å²) in [4.78, 5) is 2.62. The third-order valence-electron chi connectivity index (χ3n) is 5.36. The molecule has 4 rings (SSSR count). The van der Waals surface area contributed by atoms with Gasteiger partial charge in [0.05, 0.1) is 6.61 Å². The summed E-state index contributed by atoms with van der Waals surface area (Å²) < 4.78 is 0. The highest BCUT2D eigenvalue weighted by molar-refractivity contribution is 5.83. The molecule has 0 spiro atoms. The summed E-state index contributed by atoms with van der Waals surface area (Å²) in [6, 6.07) is 6.79. The first kappa shape index (κ1) is 12.4. The summed E-state index contributed by atoms with van der Waals surface area (Å²) in [6.45, 7) is 2.63. The lowest BCUT2D eigenvalue weighted by atomic mass is 9.73. The first-order valence-corrected chi connectivity index (χ1v) is 7.75. The Bertz CT molecular complexity index is 578. The molecule has 0 unspecified atom stereocenters. The molecule has 2 atom stereocenters. The topological polar surface area (TPSA) is 49.5 Å². The fourth-order valence-electron chi connectivity index (χ4n) is 4.47. The van der Waals surface area contributed by atoms with E-state index >= 15 is 0 Å². The minimum atomic E-state index is 0.222. The lowest BCUT2D eigenvalue weighted by Crippen LogP contribution is -2.38. The van der Waals surface area contributed by atoms with Crippen molar-refractivity contribution in [3.05, 3.63) is 34.9 Å². The molecule has 0 aromatic heterocycles. The van der Waals surface area contributed by atoms with Crippen molar-refractivity contribution in [2.45, 2.75) is 37.6 Å². The van der Waals surface area contributed by atoms with E-state index in [1.807, 2.05) is 12.1 Å². The Balaban J connectivity index is 1.89. The van der Waals surface area contributed by atoms with E-state index in [9.17, 15) is 5.11 Å². The minimum Gasteiger partial charge on any atom is -0.398 e. The number of hydrogen-bond donors (Lipinski definition) is 2. The molecular weight excluding hydrogens is 248 g/mol. The minimum absolute atomic E-state index is 0.222. The van der Waals surface area contributed by atoms with Gasteiger partial charge in [0.1, 0.15) is 0 Å². The second kappa shape index (κ2) is 4.61. The fourth-order valence-corrected chi connectivity index (χ4v) is 4.47. The van der Waals surface area contributed by atoms with Crippen LogP contribution >= 0.6 is 0 Å². The first-order chi connectivity index (χ1) is 9.79. The summed E-state index contributed by atoms with van der Waals surface area (Å²) in [7, 11) is 0. The Morgan fingerprint density at radius 1 is 1.30 bits per heavy atom. The molecule has 1 saturated heterocycles. The molecule has 1 fully saturated rings. The second-order valence-corrected chi connectivity index (χ2v) is 6.34. The molecule has 2 aliphatic heterocycles. The molecule has 0 radical (unpaired) electrons. The SMILES string of the molecule is Nc1cccc2c1C1=C(C[C@H]2CO)[C@@H]2CCCN2CC1. The van der Waals surface area contributed by atoms with Crippen LogP contribution in [0.4, 0.5) is 5.69 Å². The van der Waals surface area contributed by atoms with Gasteiger partial charge >= 0.3 is 0 Å². The van der Waals surface area contributed by atoms with Crippen LogP contribution in [0.2, 0.25) is 0 Å². The molecule has 3 aliphatic rings. The summed E-state index contributed by atoms with van der Waals surface area (Å²) in [5.41, 5.74) is 12.7. The number of rotatable bonds is 1. The highest BCUT2D eigenvalue weighted by Crippen LogP contribution is 2.48.